The topological polar surface area (TPSA) is 41.1 Å². The Morgan fingerprint density at radius 3 is 3.15 bits per heavy atom. The molecule has 0 radical (unpaired) electrons. The van der Waals surface area contributed by atoms with Gasteiger partial charge < -0.3 is 10.6 Å². The Morgan fingerprint density at radius 2 is 2.38 bits per heavy atom. The number of rotatable bonds is 1. The standard InChI is InChI=1S/C10H16N2O/c1-2-5-10(13)12-9-6-3-4-7-11-8-9/h9,11H,3-4,6-8H2,1H3,(H,12,13)/t9-/m0/s1. The van der Waals surface area contributed by atoms with E-state index < -0.39 is 0 Å². The molecule has 0 aromatic carbocycles. The summed E-state index contributed by atoms with van der Waals surface area (Å²) in [6, 6.07) is 0.260. The van der Waals surface area contributed by atoms with Gasteiger partial charge in [0.15, 0.2) is 0 Å². The van der Waals surface area contributed by atoms with Gasteiger partial charge in [0, 0.05) is 12.6 Å². The Hall–Kier alpha value is -1.01. The van der Waals surface area contributed by atoms with Gasteiger partial charge in [0.1, 0.15) is 0 Å². The van der Waals surface area contributed by atoms with Crippen molar-refractivity contribution in [1.82, 2.24) is 10.6 Å². The fraction of sp³-hybridized carbons (Fsp3) is 0.700. The Bertz CT molecular complexity index is 219. The van der Waals surface area contributed by atoms with Crippen LogP contribution in [-0.4, -0.2) is 25.0 Å². The smallest absolute Gasteiger partial charge is 0.296 e. The van der Waals surface area contributed by atoms with Gasteiger partial charge in [-0.05, 0) is 32.2 Å². The van der Waals surface area contributed by atoms with Crippen LogP contribution in [0.5, 0.6) is 0 Å². The molecule has 0 spiro atoms. The monoisotopic (exact) mass is 180 g/mol. The summed E-state index contributed by atoms with van der Waals surface area (Å²) in [5.41, 5.74) is 0. The summed E-state index contributed by atoms with van der Waals surface area (Å²) in [6.07, 6.45) is 3.44. The predicted octanol–water partition coefficient (Wildman–Crippen LogP) is 0.268. The summed E-state index contributed by atoms with van der Waals surface area (Å²) >= 11 is 0. The van der Waals surface area contributed by atoms with E-state index in [0.717, 1.165) is 19.5 Å². The van der Waals surface area contributed by atoms with Crippen molar-refractivity contribution >= 4 is 5.91 Å². The van der Waals surface area contributed by atoms with Gasteiger partial charge in [0.2, 0.25) is 0 Å². The summed E-state index contributed by atoms with van der Waals surface area (Å²) in [4.78, 5) is 11.1. The lowest BCUT2D eigenvalue weighted by molar-refractivity contribution is -0.116. The summed E-state index contributed by atoms with van der Waals surface area (Å²) in [5, 5.41) is 6.17. The van der Waals surface area contributed by atoms with Crippen LogP contribution in [0.25, 0.3) is 0 Å². The SMILES string of the molecule is CC#CC(=O)N[C@H]1CCCCNC1. The van der Waals surface area contributed by atoms with Crippen molar-refractivity contribution in [3.8, 4) is 11.8 Å². The van der Waals surface area contributed by atoms with Gasteiger partial charge in [-0.3, -0.25) is 4.79 Å². The van der Waals surface area contributed by atoms with Crippen LogP contribution in [0.3, 0.4) is 0 Å². The van der Waals surface area contributed by atoms with Gasteiger partial charge in [-0.1, -0.05) is 12.3 Å². The van der Waals surface area contributed by atoms with Gasteiger partial charge in [-0.2, -0.15) is 0 Å². The van der Waals surface area contributed by atoms with E-state index in [1.807, 2.05) is 0 Å². The largest absolute Gasteiger partial charge is 0.341 e. The second kappa shape index (κ2) is 5.60. The second-order valence-electron chi connectivity index (χ2n) is 3.25. The van der Waals surface area contributed by atoms with Crippen LogP contribution < -0.4 is 10.6 Å². The minimum absolute atomic E-state index is 0.156. The number of carbonyl (C=O) groups excluding carboxylic acids is 1. The van der Waals surface area contributed by atoms with Crippen LogP contribution in [0.2, 0.25) is 0 Å². The van der Waals surface area contributed by atoms with Crippen LogP contribution in [0.15, 0.2) is 0 Å². The molecule has 1 atom stereocenters. The maximum Gasteiger partial charge on any atom is 0.296 e. The van der Waals surface area contributed by atoms with E-state index in [0.29, 0.717) is 0 Å². The minimum Gasteiger partial charge on any atom is -0.341 e. The highest BCUT2D eigenvalue weighted by Gasteiger charge is 2.12. The lowest BCUT2D eigenvalue weighted by Crippen LogP contribution is -2.40. The molecular formula is C10H16N2O. The Morgan fingerprint density at radius 1 is 1.54 bits per heavy atom. The van der Waals surface area contributed by atoms with Crippen molar-refractivity contribution < 1.29 is 4.79 Å². The van der Waals surface area contributed by atoms with E-state index in [4.69, 9.17) is 0 Å². The van der Waals surface area contributed by atoms with Gasteiger partial charge in [-0.25, -0.2) is 0 Å². The van der Waals surface area contributed by atoms with Gasteiger partial charge in [0.05, 0.1) is 0 Å². The molecule has 1 saturated heterocycles. The summed E-state index contributed by atoms with van der Waals surface area (Å²) in [5.74, 6) is 4.92. The van der Waals surface area contributed by atoms with Crippen LogP contribution in [0.4, 0.5) is 0 Å². The molecule has 0 aromatic rings. The first kappa shape index (κ1) is 10.1. The lowest BCUT2D eigenvalue weighted by atomic mass is 10.1. The van der Waals surface area contributed by atoms with Crippen molar-refractivity contribution in [2.24, 2.45) is 0 Å². The van der Waals surface area contributed by atoms with Crippen LogP contribution >= 0.6 is 0 Å². The fourth-order valence-corrected chi connectivity index (χ4v) is 1.48. The zero-order valence-corrected chi connectivity index (χ0v) is 8.02. The third kappa shape index (κ3) is 3.95. The van der Waals surface area contributed by atoms with E-state index in [1.165, 1.54) is 12.8 Å². The average molecular weight is 180 g/mol. The van der Waals surface area contributed by atoms with Crippen LogP contribution in [-0.2, 0) is 4.79 Å². The molecule has 13 heavy (non-hydrogen) atoms. The van der Waals surface area contributed by atoms with Gasteiger partial charge >= 0.3 is 0 Å². The molecule has 3 nitrogen and oxygen atoms in total. The molecule has 72 valence electrons. The van der Waals surface area contributed by atoms with Gasteiger partial charge in [0.25, 0.3) is 5.91 Å². The Labute approximate surface area is 79.3 Å². The lowest BCUT2D eigenvalue weighted by Gasteiger charge is -2.13. The molecule has 0 aromatic heterocycles. The molecular weight excluding hydrogens is 164 g/mol. The number of hydrogen-bond donors (Lipinski definition) is 2. The molecule has 2 N–H and O–H groups in total. The first-order chi connectivity index (χ1) is 6.33. The molecule has 1 aliphatic heterocycles. The maximum absolute atomic E-state index is 11.1. The highest BCUT2D eigenvalue weighted by atomic mass is 16.1. The van der Waals surface area contributed by atoms with E-state index >= 15 is 0 Å². The highest BCUT2D eigenvalue weighted by molar-refractivity contribution is 5.93. The quantitative estimate of drug-likeness (QED) is 0.569. The second-order valence-corrected chi connectivity index (χ2v) is 3.25. The van der Waals surface area contributed by atoms with Gasteiger partial charge in [-0.15, -0.1) is 0 Å². The fourth-order valence-electron chi connectivity index (χ4n) is 1.48. The third-order valence-electron chi connectivity index (χ3n) is 2.12. The summed E-state index contributed by atoms with van der Waals surface area (Å²) in [7, 11) is 0. The molecule has 3 heteroatoms. The molecule has 1 heterocycles. The van der Waals surface area contributed by atoms with Crippen molar-refractivity contribution in [2.75, 3.05) is 13.1 Å². The molecule has 0 unspecified atom stereocenters. The summed E-state index contributed by atoms with van der Waals surface area (Å²) in [6.45, 7) is 3.61. The zero-order valence-electron chi connectivity index (χ0n) is 8.02. The normalized spacial score (nSPS) is 22.4. The number of amides is 1. The molecule has 1 aliphatic rings. The predicted molar refractivity (Wildman–Crippen MR) is 52.1 cm³/mol. The first-order valence-corrected chi connectivity index (χ1v) is 4.77. The van der Waals surface area contributed by atoms with Crippen LogP contribution in [0, 0.1) is 11.8 Å². The minimum atomic E-state index is -0.156. The van der Waals surface area contributed by atoms with Crippen molar-refractivity contribution in [1.29, 1.82) is 0 Å². The van der Waals surface area contributed by atoms with Crippen LogP contribution in [0.1, 0.15) is 26.2 Å². The van der Waals surface area contributed by atoms with Crippen molar-refractivity contribution in [3.05, 3.63) is 0 Å². The zero-order chi connectivity index (χ0) is 9.52. The summed E-state index contributed by atoms with van der Waals surface area (Å²) < 4.78 is 0. The third-order valence-corrected chi connectivity index (χ3v) is 2.12. The molecule has 0 bridgehead atoms. The molecule has 0 aliphatic carbocycles. The Kier molecular flexibility index (Phi) is 4.34. The number of hydrogen-bond acceptors (Lipinski definition) is 2. The molecule has 0 saturated carbocycles. The van der Waals surface area contributed by atoms with E-state index in [9.17, 15) is 4.79 Å². The van der Waals surface area contributed by atoms with Crippen molar-refractivity contribution in [3.63, 3.8) is 0 Å². The molecule has 1 rings (SSSR count). The maximum atomic E-state index is 11.1. The Balaban J connectivity index is 2.32. The highest BCUT2D eigenvalue weighted by Crippen LogP contribution is 2.03. The molecule has 1 fully saturated rings. The van der Waals surface area contributed by atoms with E-state index in [-0.39, 0.29) is 11.9 Å². The first-order valence-electron chi connectivity index (χ1n) is 4.77. The van der Waals surface area contributed by atoms with Crippen molar-refractivity contribution in [2.45, 2.75) is 32.2 Å². The van der Waals surface area contributed by atoms with E-state index in [1.54, 1.807) is 6.92 Å². The number of carbonyl (C=O) groups is 1. The average Bonchev–Trinajstić information content (AvgIpc) is 2.33. The number of nitrogens with one attached hydrogen (secondary N) is 2. The van der Waals surface area contributed by atoms with E-state index in [2.05, 4.69) is 22.5 Å². The molecule has 1 amide bonds.